The number of para-hydroxylation sites is 1. The molecular weight excluding hydrogens is 344 g/mol. The van der Waals surface area contributed by atoms with Crippen molar-refractivity contribution in [1.29, 1.82) is 0 Å². The maximum Gasteiger partial charge on any atom is 0.387 e. The second-order valence-electron chi connectivity index (χ2n) is 6.17. The van der Waals surface area contributed by atoms with Crippen molar-refractivity contribution in [2.75, 3.05) is 0 Å². The number of ether oxygens (including phenoxy) is 1. The smallest absolute Gasteiger partial charge is 0.387 e. The molecule has 138 valence electrons. The van der Waals surface area contributed by atoms with Gasteiger partial charge in [-0.1, -0.05) is 36.2 Å². The summed E-state index contributed by atoms with van der Waals surface area (Å²) in [5.41, 5.74) is -0.267. The highest BCUT2D eigenvalue weighted by molar-refractivity contribution is 5.92. The van der Waals surface area contributed by atoms with Crippen LogP contribution in [0.5, 0.6) is 5.75 Å². The fourth-order valence-corrected chi connectivity index (χ4v) is 3.14. The molecule has 0 aliphatic heterocycles. The average Bonchev–Trinajstić information content (AvgIpc) is 3.23. The summed E-state index contributed by atoms with van der Waals surface area (Å²) in [5, 5.41) is 6.91. The Morgan fingerprint density at radius 3 is 2.73 bits per heavy atom. The molecule has 6 nitrogen and oxygen atoms in total. The molecule has 0 bridgehead atoms. The number of aromatic nitrogens is 2. The predicted octanol–water partition coefficient (Wildman–Crippen LogP) is 3.58. The minimum atomic E-state index is -2.93. The summed E-state index contributed by atoms with van der Waals surface area (Å²) in [6.07, 6.45) is 6.07. The first kappa shape index (κ1) is 18.0. The van der Waals surface area contributed by atoms with Crippen molar-refractivity contribution >= 4 is 12.0 Å². The number of amides is 1. The maximum atomic E-state index is 12.5. The molecule has 3 rings (SSSR count). The number of hydrogen-bond acceptors (Lipinski definition) is 5. The molecule has 0 atom stereocenters. The first-order chi connectivity index (χ1) is 12.5. The summed E-state index contributed by atoms with van der Waals surface area (Å²) < 4.78 is 34.4. The highest BCUT2D eigenvalue weighted by atomic mass is 19.3. The zero-order valence-corrected chi connectivity index (χ0v) is 14.2. The lowest BCUT2D eigenvalue weighted by Gasteiger charge is -2.26. The van der Waals surface area contributed by atoms with Crippen molar-refractivity contribution in [3.63, 3.8) is 0 Å². The van der Waals surface area contributed by atoms with E-state index in [1.165, 1.54) is 18.2 Å². The normalized spacial score (nSPS) is 16.3. The molecule has 1 heterocycles. The van der Waals surface area contributed by atoms with Crippen molar-refractivity contribution in [1.82, 2.24) is 15.5 Å². The van der Waals surface area contributed by atoms with E-state index < -0.39 is 12.2 Å². The minimum Gasteiger partial charge on any atom is -0.434 e. The van der Waals surface area contributed by atoms with Gasteiger partial charge in [0.2, 0.25) is 11.8 Å². The summed E-state index contributed by atoms with van der Waals surface area (Å²) in [6.45, 7) is -1.23. The van der Waals surface area contributed by atoms with E-state index in [4.69, 9.17) is 4.52 Å². The number of hydrogen-bond donors (Lipinski definition) is 1. The molecule has 1 N–H and O–H groups in total. The van der Waals surface area contributed by atoms with Crippen LogP contribution in [0.25, 0.3) is 6.08 Å². The fraction of sp³-hybridized carbons (Fsp3) is 0.389. The van der Waals surface area contributed by atoms with Crippen LogP contribution in [0.4, 0.5) is 8.78 Å². The van der Waals surface area contributed by atoms with Gasteiger partial charge in [-0.3, -0.25) is 4.79 Å². The molecule has 8 heteroatoms. The lowest BCUT2D eigenvalue weighted by molar-refractivity contribution is -0.118. The number of nitrogens with one attached hydrogen (secondary N) is 1. The molecule has 26 heavy (non-hydrogen) atoms. The number of carbonyl (C=O) groups excluding carboxylic acids is 1. The summed E-state index contributed by atoms with van der Waals surface area (Å²) >= 11 is 0. The van der Waals surface area contributed by atoms with Gasteiger partial charge in [-0.05, 0) is 25.0 Å². The lowest BCUT2D eigenvalue weighted by Crippen LogP contribution is -2.44. The molecule has 1 aliphatic rings. The molecule has 0 radical (unpaired) electrons. The molecule has 0 unspecified atom stereocenters. The number of alkyl halides is 2. The minimum absolute atomic E-state index is 0.0101. The molecule has 1 amide bonds. The molecule has 1 aliphatic carbocycles. The monoisotopic (exact) mass is 363 g/mol. The summed E-state index contributed by atoms with van der Waals surface area (Å²) in [4.78, 5) is 16.7. The Morgan fingerprint density at radius 1 is 1.35 bits per heavy atom. The van der Waals surface area contributed by atoms with E-state index in [0.717, 1.165) is 25.7 Å². The van der Waals surface area contributed by atoms with Gasteiger partial charge in [0.15, 0.2) is 5.82 Å². The molecule has 1 saturated carbocycles. The Hall–Kier alpha value is -2.77. The molecule has 1 aromatic heterocycles. The second kappa shape index (κ2) is 7.63. The van der Waals surface area contributed by atoms with E-state index in [1.807, 2.05) is 0 Å². The van der Waals surface area contributed by atoms with Gasteiger partial charge in [-0.25, -0.2) is 0 Å². The molecular formula is C18H19F2N3O3. The standard InChI is InChI=1S/C18H19F2N3O3/c1-12-21-16(23-26-12)18(10-4-5-11-18)22-15(24)9-8-13-6-2-3-7-14(13)25-17(19)20/h2-3,6-9,17H,4-5,10-11H2,1H3,(H,22,24)/b9-8+. The Balaban J connectivity index is 1.75. The summed E-state index contributed by atoms with van der Waals surface area (Å²) in [5.74, 6) is 0.557. The van der Waals surface area contributed by atoms with Crippen LogP contribution in [-0.4, -0.2) is 22.7 Å². The summed E-state index contributed by atoms with van der Waals surface area (Å²) in [7, 11) is 0. The molecule has 1 fully saturated rings. The average molecular weight is 363 g/mol. The highest BCUT2D eigenvalue weighted by Gasteiger charge is 2.40. The van der Waals surface area contributed by atoms with Crippen LogP contribution in [0.2, 0.25) is 0 Å². The van der Waals surface area contributed by atoms with Crippen LogP contribution in [0.15, 0.2) is 34.9 Å². The van der Waals surface area contributed by atoms with Gasteiger partial charge in [0.25, 0.3) is 0 Å². The number of rotatable bonds is 6. The van der Waals surface area contributed by atoms with E-state index in [1.54, 1.807) is 25.1 Å². The molecule has 2 aromatic rings. The number of nitrogens with zero attached hydrogens (tertiary/aromatic N) is 2. The largest absolute Gasteiger partial charge is 0.434 e. The van der Waals surface area contributed by atoms with E-state index >= 15 is 0 Å². The van der Waals surface area contributed by atoms with Crippen molar-refractivity contribution in [2.24, 2.45) is 0 Å². The lowest BCUT2D eigenvalue weighted by atomic mass is 9.96. The van der Waals surface area contributed by atoms with Crippen LogP contribution in [-0.2, 0) is 10.3 Å². The quantitative estimate of drug-likeness (QED) is 0.794. The van der Waals surface area contributed by atoms with Crippen LogP contribution in [0, 0.1) is 6.92 Å². The first-order valence-electron chi connectivity index (χ1n) is 8.33. The maximum absolute atomic E-state index is 12.5. The number of carbonyl (C=O) groups is 1. The van der Waals surface area contributed by atoms with Gasteiger partial charge in [-0.2, -0.15) is 13.8 Å². The third kappa shape index (κ3) is 4.07. The van der Waals surface area contributed by atoms with E-state index in [-0.39, 0.29) is 11.7 Å². The Labute approximate surface area is 149 Å². The van der Waals surface area contributed by atoms with Crippen LogP contribution < -0.4 is 10.1 Å². The van der Waals surface area contributed by atoms with Gasteiger partial charge in [0, 0.05) is 18.6 Å². The first-order valence-corrected chi connectivity index (χ1v) is 8.33. The molecule has 0 spiro atoms. The van der Waals surface area contributed by atoms with Crippen molar-refractivity contribution in [3.05, 3.63) is 47.6 Å². The van der Waals surface area contributed by atoms with E-state index in [2.05, 4.69) is 20.2 Å². The van der Waals surface area contributed by atoms with E-state index in [9.17, 15) is 13.6 Å². The molecule has 1 aromatic carbocycles. The van der Waals surface area contributed by atoms with Crippen molar-refractivity contribution in [2.45, 2.75) is 44.8 Å². The number of benzene rings is 1. The Morgan fingerprint density at radius 2 is 2.08 bits per heavy atom. The van der Waals surface area contributed by atoms with Gasteiger partial charge in [-0.15, -0.1) is 0 Å². The van der Waals surface area contributed by atoms with Gasteiger partial charge >= 0.3 is 6.61 Å². The zero-order valence-electron chi connectivity index (χ0n) is 14.2. The number of aryl methyl sites for hydroxylation is 1. The van der Waals surface area contributed by atoms with Crippen molar-refractivity contribution < 1.29 is 22.8 Å². The second-order valence-corrected chi connectivity index (χ2v) is 6.17. The Kier molecular flexibility index (Phi) is 5.29. The van der Waals surface area contributed by atoms with Crippen molar-refractivity contribution in [3.8, 4) is 5.75 Å². The zero-order chi connectivity index (χ0) is 18.6. The predicted molar refractivity (Wildman–Crippen MR) is 89.4 cm³/mol. The van der Waals surface area contributed by atoms with Gasteiger partial charge < -0.3 is 14.6 Å². The highest BCUT2D eigenvalue weighted by Crippen LogP contribution is 2.37. The van der Waals surface area contributed by atoms with Crippen LogP contribution in [0.1, 0.15) is 43.0 Å². The van der Waals surface area contributed by atoms with Gasteiger partial charge in [0.05, 0.1) is 0 Å². The third-order valence-electron chi connectivity index (χ3n) is 4.32. The van der Waals surface area contributed by atoms with Gasteiger partial charge in [0.1, 0.15) is 11.3 Å². The number of halogens is 2. The van der Waals surface area contributed by atoms with E-state index in [0.29, 0.717) is 17.3 Å². The summed E-state index contributed by atoms with van der Waals surface area (Å²) in [6, 6.07) is 6.28. The Bertz CT molecular complexity index is 798. The SMILES string of the molecule is Cc1nc(C2(NC(=O)/C=C/c3ccccc3OC(F)F)CCCC2)no1. The topological polar surface area (TPSA) is 77.2 Å². The fourth-order valence-electron chi connectivity index (χ4n) is 3.14. The van der Waals surface area contributed by atoms with Crippen LogP contribution >= 0.6 is 0 Å². The third-order valence-corrected chi connectivity index (χ3v) is 4.32. The van der Waals surface area contributed by atoms with Crippen LogP contribution in [0.3, 0.4) is 0 Å². The molecule has 0 saturated heterocycles.